The van der Waals surface area contributed by atoms with Crippen LogP contribution in [-0.4, -0.2) is 35.7 Å². The van der Waals surface area contributed by atoms with E-state index < -0.39 is 11.7 Å². The molecule has 1 aromatic heterocycles. The Bertz CT molecular complexity index is 715. The Morgan fingerprint density at radius 3 is 2.19 bits per heavy atom. The Kier molecular flexibility index (Phi) is 6.32. The summed E-state index contributed by atoms with van der Waals surface area (Å²) in [5, 5.41) is 0. The molecular weight excluding hydrogens is 408 g/mol. The van der Waals surface area contributed by atoms with Crippen LogP contribution in [0, 0.1) is 19.3 Å². The fourth-order valence-corrected chi connectivity index (χ4v) is 4.02. The van der Waals surface area contributed by atoms with E-state index in [1.54, 1.807) is 0 Å². The second-order valence-electron chi connectivity index (χ2n) is 9.48. The van der Waals surface area contributed by atoms with Gasteiger partial charge in [0, 0.05) is 24.3 Å². The van der Waals surface area contributed by atoms with Crippen LogP contribution in [0.25, 0.3) is 0 Å². The van der Waals surface area contributed by atoms with Crippen LogP contribution in [0.15, 0.2) is 4.47 Å². The molecule has 152 valence electrons. The van der Waals surface area contributed by atoms with Crippen molar-refractivity contribution in [2.24, 2.45) is 5.41 Å². The molecule has 1 unspecified atom stereocenters. The largest absolute Gasteiger partial charge is 0.461 e. The molecule has 2 rings (SSSR count). The summed E-state index contributed by atoms with van der Waals surface area (Å²) >= 11 is 3.71. The summed E-state index contributed by atoms with van der Waals surface area (Å²) in [7, 11) is 0. The summed E-state index contributed by atoms with van der Waals surface area (Å²) in [4.78, 5) is 19.9. The Hall–Kier alpha value is -1.14. The van der Waals surface area contributed by atoms with Crippen molar-refractivity contribution in [2.75, 3.05) is 18.0 Å². The van der Waals surface area contributed by atoms with Crippen molar-refractivity contribution in [1.29, 1.82) is 0 Å². The fourth-order valence-electron chi connectivity index (χ4n) is 3.46. The van der Waals surface area contributed by atoms with Gasteiger partial charge in [0.05, 0.1) is 27.6 Å². The van der Waals surface area contributed by atoms with Gasteiger partial charge in [0.2, 0.25) is 0 Å². The minimum atomic E-state index is -0.824. The van der Waals surface area contributed by atoms with Crippen molar-refractivity contribution in [1.82, 2.24) is 4.98 Å². The zero-order valence-corrected chi connectivity index (χ0v) is 19.7. The maximum absolute atomic E-state index is 13.0. The average Bonchev–Trinajstić information content (AvgIpc) is 2.44. The van der Waals surface area contributed by atoms with E-state index in [0.29, 0.717) is 0 Å². The van der Waals surface area contributed by atoms with Gasteiger partial charge in [-0.2, -0.15) is 0 Å². The molecule has 0 radical (unpaired) electrons. The molecule has 1 aliphatic heterocycles. The maximum Gasteiger partial charge on any atom is 0.340 e. The zero-order valence-electron chi connectivity index (χ0n) is 18.1. The van der Waals surface area contributed by atoms with E-state index in [0.717, 1.165) is 40.2 Å². The molecule has 1 aliphatic rings. The normalized spacial score (nSPS) is 17.7. The number of hydrogen-bond donors (Lipinski definition) is 0. The third-order valence-electron chi connectivity index (χ3n) is 4.36. The first kappa shape index (κ1) is 22.2. The van der Waals surface area contributed by atoms with Gasteiger partial charge in [-0.05, 0) is 69.8 Å². The summed E-state index contributed by atoms with van der Waals surface area (Å²) in [5.41, 5.74) is 3.24. The number of aromatic nitrogens is 1. The highest BCUT2D eigenvalue weighted by Crippen LogP contribution is 2.45. The van der Waals surface area contributed by atoms with Crippen LogP contribution in [0.4, 0.5) is 5.69 Å². The molecule has 0 N–H and O–H groups in total. The number of halogens is 1. The Morgan fingerprint density at radius 1 is 1.19 bits per heavy atom. The van der Waals surface area contributed by atoms with Crippen LogP contribution < -0.4 is 4.90 Å². The highest BCUT2D eigenvalue weighted by atomic mass is 79.9. The zero-order chi connectivity index (χ0) is 20.7. The van der Waals surface area contributed by atoms with Crippen LogP contribution >= 0.6 is 15.9 Å². The molecule has 1 aromatic rings. The van der Waals surface area contributed by atoms with Gasteiger partial charge in [-0.25, -0.2) is 4.79 Å². The second-order valence-corrected chi connectivity index (χ2v) is 10.3. The summed E-state index contributed by atoms with van der Waals surface area (Å²) in [6, 6.07) is 0. The van der Waals surface area contributed by atoms with E-state index in [4.69, 9.17) is 9.47 Å². The topological polar surface area (TPSA) is 51.7 Å². The second kappa shape index (κ2) is 7.70. The third-order valence-corrected chi connectivity index (χ3v) is 5.31. The molecule has 1 atom stereocenters. The van der Waals surface area contributed by atoms with E-state index in [9.17, 15) is 4.79 Å². The molecule has 0 bridgehead atoms. The number of rotatable bonds is 5. The number of nitrogens with zero attached hydrogens (tertiary/aromatic N) is 2. The lowest BCUT2D eigenvalue weighted by atomic mass is 9.83. The molecule has 0 saturated carbocycles. The molecule has 27 heavy (non-hydrogen) atoms. The van der Waals surface area contributed by atoms with Crippen LogP contribution in [0.1, 0.15) is 71.5 Å². The standard InChI is InChI=1S/C21H33BrN2O3/c1-12(2)26-19(25)18(27-20(5,6)7)15-13(3)23-14(4)16(22)17(15)24-10-21(8,9)11-24/h12,18H,10-11H2,1-9H3. The first-order chi connectivity index (χ1) is 12.2. The van der Waals surface area contributed by atoms with E-state index in [1.165, 1.54) is 0 Å². The molecule has 0 amide bonds. The Labute approximate surface area is 172 Å². The molecule has 0 aromatic carbocycles. The van der Waals surface area contributed by atoms with Gasteiger partial charge in [0.1, 0.15) is 0 Å². The van der Waals surface area contributed by atoms with Crippen LogP contribution in [0.5, 0.6) is 0 Å². The third kappa shape index (κ3) is 5.23. The molecule has 1 saturated heterocycles. The first-order valence-electron chi connectivity index (χ1n) is 9.52. The number of hydrogen-bond acceptors (Lipinski definition) is 5. The van der Waals surface area contributed by atoms with Crippen LogP contribution in [-0.2, 0) is 14.3 Å². The molecule has 5 nitrogen and oxygen atoms in total. The number of pyridine rings is 1. The van der Waals surface area contributed by atoms with E-state index in [2.05, 4.69) is 39.7 Å². The summed E-state index contributed by atoms with van der Waals surface area (Å²) in [6.45, 7) is 19.8. The van der Waals surface area contributed by atoms with Gasteiger partial charge >= 0.3 is 5.97 Å². The average molecular weight is 441 g/mol. The van der Waals surface area contributed by atoms with Gasteiger partial charge in [0.15, 0.2) is 6.10 Å². The maximum atomic E-state index is 13.0. The van der Waals surface area contributed by atoms with Crippen molar-refractivity contribution in [3.63, 3.8) is 0 Å². The molecule has 2 heterocycles. The van der Waals surface area contributed by atoms with E-state index in [1.807, 2.05) is 48.5 Å². The highest BCUT2D eigenvalue weighted by molar-refractivity contribution is 9.10. The number of aryl methyl sites for hydroxylation is 2. The quantitative estimate of drug-likeness (QED) is 0.594. The lowest BCUT2D eigenvalue weighted by Gasteiger charge is -2.49. The smallest absolute Gasteiger partial charge is 0.340 e. The minimum Gasteiger partial charge on any atom is -0.461 e. The number of ether oxygens (including phenoxy) is 2. The minimum absolute atomic E-state index is 0.211. The summed E-state index contributed by atoms with van der Waals surface area (Å²) < 4.78 is 12.7. The van der Waals surface area contributed by atoms with Gasteiger partial charge in [0.25, 0.3) is 0 Å². The van der Waals surface area contributed by atoms with Crippen molar-refractivity contribution < 1.29 is 14.3 Å². The van der Waals surface area contributed by atoms with Crippen molar-refractivity contribution in [3.05, 3.63) is 21.4 Å². The molecule has 1 fully saturated rings. The van der Waals surface area contributed by atoms with Crippen molar-refractivity contribution >= 4 is 27.6 Å². The predicted octanol–water partition coefficient (Wildman–Crippen LogP) is 5.11. The van der Waals surface area contributed by atoms with E-state index in [-0.39, 0.29) is 17.5 Å². The lowest BCUT2D eigenvalue weighted by Crippen LogP contribution is -2.53. The highest BCUT2D eigenvalue weighted by Gasteiger charge is 2.41. The first-order valence-corrected chi connectivity index (χ1v) is 10.3. The van der Waals surface area contributed by atoms with Gasteiger partial charge in [-0.1, -0.05) is 13.8 Å². The fraction of sp³-hybridized carbons (Fsp3) is 0.714. The monoisotopic (exact) mass is 440 g/mol. The van der Waals surface area contributed by atoms with Gasteiger partial charge < -0.3 is 14.4 Å². The lowest BCUT2D eigenvalue weighted by molar-refractivity contribution is -0.171. The van der Waals surface area contributed by atoms with Crippen LogP contribution in [0.3, 0.4) is 0 Å². The Balaban J connectivity index is 2.60. The molecular formula is C21H33BrN2O3. The van der Waals surface area contributed by atoms with Gasteiger partial charge in [-0.3, -0.25) is 4.98 Å². The van der Waals surface area contributed by atoms with Gasteiger partial charge in [-0.15, -0.1) is 0 Å². The molecule has 0 aliphatic carbocycles. The summed E-state index contributed by atoms with van der Waals surface area (Å²) in [5.74, 6) is -0.374. The number of carbonyl (C=O) groups is 1. The predicted molar refractivity (Wildman–Crippen MR) is 112 cm³/mol. The molecule has 0 spiro atoms. The van der Waals surface area contributed by atoms with Crippen LogP contribution in [0.2, 0.25) is 0 Å². The number of carbonyl (C=O) groups excluding carboxylic acids is 1. The number of esters is 1. The van der Waals surface area contributed by atoms with E-state index >= 15 is 0 Å². The van der Waals surface area contributed by atoms with Crippen molar-refractivity contribution in [3.8, 4) is 0 Å². The Morgan fingerprint density at radius 2 is 1.74 bits per heavy atom. The summed E-state index contributed by atoms with van der Waals surface area (Å²) in [6.07, 6.45) is -1.03. The molecule has 6 heteroatoms. The van der Waals surface area contributed by atoms with Crippen molar-refractivity contribution in [2.45, 2.75) is 80.1 Å². The SMILES string of the molecule is Cc1nc(C)c(C(OC(C)(C)C)C(=O)OC(C)C)c(N2CC(C)(C)C2)c1Br. The number of anilines is 1.